The third kappa shape index (κ3) is 2.30. The monoisotopic (exact) mass is 362 g/mol. The van der Waals surface area contributed by atoms with E-state index in [0.717, 1.165) is 5.56 Å². The van der Waals surface area contributed by atoms with Crippen LogP contribution in [0, 0.1) is 18.3 Å². The minimum Gasteiger partial charge on any atom is -0.268 e. The highest BCUT2D eigenvalue weighted by Crippen LogP contribution is 2.21. The second kappa shape index (κ2) is 5.83. The molecule has 0 aliphatic heterocycles. The Labute approximate surface area is 152 Å². The molecule has 4 rings (SSSR count). The number of aryl methyl sites for hydroxylation is 1. The minimum absolute atomic E-state index is 0.135. The van der Waals surface area contributed by atoms with Gasteiger partial charge in [0.05, 0.1) is 11.1 Å². The molecule has 1 aromatic carbocycles. The van der Waals surface area contributed by atoms with E-state index in [0.29, 0.717) is 16.4 Å². The van der Waals surface area contributed by atoms with Gasteiger partial charge in [0.15, 0.2) is 5.65 Å². The molecule has 0 saturated carbocycles. The lowest BCUT2D eigenvalue weighted by molar-refractivity contribution is 0.983. The van der Waals surface area contributed by atoms with Crippen LogP contribution in [0.2, 0.25) is 5.02 Å². The number of halogens is 1. The molecule has 4 aromatic rings. The van der Waals surface area contributed by atoms with Crippen LogP contribution in [-0.4, -0.2) is 14.0 Å². The van der Waals surface area contributed by atoms with E-state index in [1.165, 1.54) is 15.0 Å². The number of rotatable bonds is 1. The third-order valence-electron chi connectivity index (χ3n) is 4.22. The molecule has 0 fully saturated rings. The lowest BCUT2D eigenvalue weighted by Gasteiger charge is -2.12. The van der Waals surface area contributed by atoms with Gasteiger partial charge in [-0.2, -0.15) is 5.26 Å². The average molecular weight is 363 g/mol. The molecule has 0 atom stereocenters. The van der Waals surface area contributed by atoms with Gasteiger partial charge in [-0.05, 0) is 42.8 Å². The van der Waals surface area contributed by atoms with Crippen LogP contribution in [0.15, 0.2) is 58.3 Å². The van der Waals surface area contributed by atoms with Crippen LogP contribution in [0.25, 0.3) is 22.4 Å². The average Bonchev–Trinajstić information content (AvgIpc) is 2.64. The van der Waals surface area contributed by atoms with Gasteiger partial charge < -0.3 is 0 Å². The summed E-state index contributed by atoms with van der Waals surface area (Å²) in [5.41, 5.74) is 0.846. The maximum absolute atomic E-state index is 12.8. The van der Waals surface area contributed by atoms with Crippen molar-refractivity contribution in [2.45, 2.75) is 6.92 Å². The number of nitrogens with zero attached hydrogens (tertiary/aromatic N) is 4. The van der Waals surface area contributed by atoms with Crippen molar-refractivity contribution in [2.75, 3.05) is 0 Å². The first-order chi connectivity index (χ1) is 12.5. The van der Waals surface area contributed by atoms with Gasteiger partial charge >= 0.3 is 0 Å². The molecule has 0 aliphatic rings. The third-order valence-corrected chi connectivity index (χ3v) is 4.62. The Hall–Kier alpha value is -3.43. The van der Waals surface area contributed by atoms with E-state index < -0.39 is 5.56 Å². The maximum atomic E-state index is 12.8. The molecule has 0 bridgehead atoms. The molecule has 0 unspecified atom stereocenters. The molecular weight excluding hydrogens is 352 g/mol. The minimum atomic E-state index is -0.549. The number of aromatic nitrogens is 3. The van der Waals surface area contributed by atoms with Crippen molar-refractivity contribution in [1.82, 2.24) is 14.0 Å². The quantitative estimate of drug-likeness (QED) is 0.488. The number of hydrogen-bond acceptors (Lipinski definition) is 4. The summed E-state index contributed by atoms with van der Waals surface area (Å²) in [5, 5.41) is 9.99. The first-order valence-corrected chi connectivity index (χ1v) is 8.13. The summed E-state index contributed by atoms with van der Waals surface area (Å²) in [6.45, 7) is 1.84. The molecule has 0 amide bonds. The van der Waals surface area contributed by atoms with E-state index in [1.54, 1.807) is 42.6 Å². The Morgan fingerprint density at radius 3 is 2.65 bits per heavy atom. The van der Waals surface area contributed by atoms with Crippen molar-refractivity contribution in [3.63, 3.8) is 0 Å². The normalized spacial score (nSPS) is 11.0. The molecule has 0 aliphatic carbocycles. The molecule has 0 radical (unpaired) electrons. The lowest BCUT2D eigenvalue weighted by atomic mass is 10.2. The molecule has 0 saturated heterocycles. The van der Waals surface area contributed by atoms with Crippen molar-refractivity contribution in [3.05, 3.63) is 85.5 Å². The Balaban J connectivity index is 2.26. The van der Waals surface area contributed by atoms with Crippen molar-refractivity contribution in [1.29, 1.82) is 5.26 Å². The molecule has 3 aromatic heterocycles. The predicted molar refractivity (Wildman–Crippen MR) is 99.0 cm³/mol. The zero-order chi connectivity index (χ0) is 18.4. The summed E-state index contributed by atoms with van der Waals surface area (Å²) in [5.74, 6) is 0. The molecule has 26 heavy (non-hydrogen) atoms. The first kappa shape index (κ1) is 16.1. The van der Waals surface area contributed by atoms with Gasteiger partial charge in [-0.25, -0.2) is 4.98 Å². The molecule has 0 spiro atoms. The first-order valence-electron chi connectivity index (χ1n) is 7.75. The zero-order valence-corrected chi connectivity index (χ0v) is 14.4. The van der Waals surface area contributed by atoms with E-state index >= 15 is 0 Å². The fraction of sp³-hybridized carbons (Fsp3) is 0.0526. The van der Waals surface area contributed by atoms with Gasteiger partial charge in [-0.1, -0.05) is 23.7 Å². The number of fused-ring (bicyclic) bond motifs is 2. The molecule has 6 nitrogen and oxygen atoms in total. The van der Waals surface area contributed by atoms with Gasteiger partial charge in [-0.15, -0.1) is 0 Å². The second-order valence-corrected chi connectivity index (χ2v) is 6.23. The fourth-order valence-corrected chi connectivity index (χ4v) is 3.03. The van der Waals surface area contributed by atoms with Crippen molar-refractivity contribution in [3.8, 4) is 11.8 Å². The highest BCUT2D eigenvalue weighted by molar-refractivity contribution is 6.31. The second-order valence-electron chi connectivity index (χ2n) is 5.83. The van der Waals surface area contributed by atoms with Gasteiger partial charge in [0.25, 0.3) is 11.1 Å². The number of benzene rings is 1. The van der Waals surface area contributed by atoms with Gasteiger partial charge in [0, 0.05) is 11.2 Å². The van der Waals surface area contributed by atoms with E-state index in [4.69, 9.17) is 11.6 Å². The molecular formula is C19H11ClN4O2. The summed E-state index contributed by atoms with van der Waals surface area (Å²) in [4.78, 5) is 30.1. The molecule has 0 N–H and O–H groups in total. The zero-order valence-electron chi connectivity index (χ0n) is 13.6. The van der Waals surface area contributed by atoms with Gasteiger partial charge in [0.2, 0.25) is 0 Å². The fourth-order valence-electron chi connectivity index (χ4n) is 2.85. The maximum Gasteiger partial charge on any atom is 0.274 e. The number of hydrogen-bond donors (Lipinski definition) is 0. The Bertz CT molecular complexity index is 1360. The number of nitriles is 1. The summed E-state index contributed by atoms with van der Waals surface area (Å²) in [6, 6.07) is 13.4. The lowest BCUT2D eigenvalue weighted by Crippen LogP contribution is -2.26. The van der Waals surface area contributed by atoms with Crippen LogP contribution in [0.4, 0.5) is 0 Å². The Morgan fingerprint density at radius 1 is 1.12 bits per heavy atom. The van der Waals surface area contributed by atoms with Crippen LogP contribution >= 0.6 is 11.6 Å². The van der Waals surface area contributed by atoms with E-state index in [-0.39, 0.29) is 22.2 Å². The highest BCUT2D eigenvalue weighted by atomic mass is 35.5. The summed E-state index contributed by atoms with van der Waals surface area (Å²) >= 11 is 6.20. The van der Waals surface area contributed by atoms with Crippen molar-refractivity contribution in [2.24, 2.45) is 0 Å². The smallest absolute Gasteiger partial charge is 0.268 e. The van der Waals surface area contributed by atoms with Crippen LogP contribution < -0.4 is 11.1 Å². The van der Waals surface area contributed by atoms with E-state index in [2.05, 4.69) is 4.98 Å². The Kier molecular flexibility index (Phi) is 3.60. The van der Waals surface area contributed by atoms with E-state index in [1.807, 2.05) is 13.0 Å². The number of pyridine rings is 2. The van der Waals surface area contributed by atoms with Crippen molar-refractivity contribution >= 4 is 28.3 Å². The summed E-state index contributed by atoms with van der Waals surface area (Å²) in [7, 11) is 0. The summed E-state index contributed by atoms with van der Waals surface area (Å²) in [6.07, 6.45) is 1.59. The van der Waals surface area contributed by atoms with Crippen LogP contribution in [-0.2, 0) is 0 Å². The summed E-state index contributed by atoms with van der Waals surface area (Å²) < 4.78 is 2.63. The SMILES string of the molecule is Cc1ccc(-n2c(=O)c(C#N)cc3c(=O)n4ccccc4nc32)cc1Cl. The van der Waals surface area contributed by atoms with Gasteiger partial charge in [-0.3, -0.25) is 18.6 Å². The van der Waals surface area contributed by atoms with E-state index in [9.17, 15) is 14.9 Å². The van der Waals surface area contributed by atoms with Crippen LogP contribution in [0.5, 0.6) is 0 Å². The highest BCUT2D eigenvalue weighted by Gasteiger charge is 2.16. The van der Waals surface area contributed by atoms with Crippen molar-refractivity contribution < 1.29 is 0 Å². The van der Waals surface area contributed by atoms with Crippen LogP contribution in [0.3, 0.4) is 0 Å². The predicted octanol–water partition coefficient (Wildman–Crippen LogP) is 2.83. The topological polar surface area (TPSA) is 80.2 Å². The largest absolute Gasteiger partial charge is 0.274 e. The Morgan fingerprint density at radius 2 is 1.92 bits per heavy atom. The standard InChI is InChI=1S/C19H11ClN4O2/c1-11-5-6-13(9-15(11)20)24-17-14(8-12(10-21)18(24)25)19(26)23-7-3-2-4-16(23)22-17/h2-9H,1H3. The van der Waals surface area contributed by atoms with Gasteiger partial charge in [0.1, 0.15) is 17.3 Å². The molecule has 7 heteroatoms. The molecule has 3 heterocycles. The molecule has 126 valence electrons. The van der Waals surface area contributed by atoms with Crippen LogP contribution in [0.1, 0.15) is 11.1 Å².